The van der Waals surface area contributed by atoms with Crippen molar-refractivity contribution in [2.24, 2.45) is 0 Å². The third kappa shape index (κ3) is 2.03. The van der Waals surface area contributed by atoms with Crippen LogP contribution in [0.15, 0.2) is 30.5 Å². The molecule has 3 rings (SSSR count). The van der Waals surface area contributed by atoms with Gasteiger partial charge in [0.2, 0.25) is 0 Å². The van der Waals surface area contributed by atoms with Gasteiger partial charge in [-0.15, -0.1) is 0 Å². The first-order chi connectivity index (χ1) is 9.19. The van der Waals surface area contributed by atoms with Gasteiger partial charge in [-0.3, -0.25) is 0 Å². The van der Waals surface area contributed by atoms with E-state index in [1.807, 2.05) is 10.9 Å². The van der Waals surface area contributed by atoms with Crippen LogP contribution < -0.4 is 0 Å². The van der Waals surface area contributed by atoms with Gasteiger partial charge in [0.1, 0.15) is 11.3 Å². The first-order valence-electron chi connectivity index (χ1n) is 6.71. The number of fused-ring (bicyclic) bond motifs is 1. The zero-order chi connectivity index (χ0) is 13.4. The van der Waals surface area contributed by atoms with Gasteiger partial charge in [0, 0.05) is 11.6 Å². The summed E-state index contributed by atoms with van der Waals surface area (Å²) in [5, 5.41) is 4.34. The molecule has 0 saturated carbocycles. The molecule has 0 amide bonds. The highest BCUT2D eigenvalue weighted by atomic mass is 15.3. The van der Waals surface area contributed by atoms with Gasteiger partial charge in [-0.25, -0.2) is 9.67 Å². The fourth-order valence-electron chi connectivity index (χ4n) is 2.23. The Bertz CT molecular complexity index is 689. The average molecular weight is 254 g/mol. The SMILES string of the molecule is CCc1ccc(-c2nc3c(cnn3C(C)C)[nH]2)cc1. The average Bonchev–Trinajstić information content (AvgIpc) is 2.98. The first kappa shape index (κ1) is 12.0. The Morgan fingerprint density at radius 3 is 2.58 bits per heavy atom. The first-order valence-corrected chi connectivity index (χ1v) is 6.71. The predicted octanol–water partition coefficient (Wildman–Crippen LogP) is 3.57. The van der Waals surface area contributed by atoms with E-state index in [1.165, 1.54) is 5.56 Å². The van der Waals surface area contributed by atoms with E-state index in [2.05, 4.69) is 60.1 Å². The van der Waals surface area contributed by atoms with Gasteiger partial charge >= 0.3 is 0 Å². The highest BCUT2D eigenvalue weighted by molar-refractivity contribution is 5.76. The van der Waals surface area contributed by atoms with Crippen LogP contribution in [0.3, 0.4) is 0 Å². The molecule has 0 bridgehead atoms. The van der Waals surface area contributed by atoms with Crippen LogP contribution in [0.5, 0.6) is 0 Å². The maximum absolute atomic E-state index is 4.66. The lowest BCUT2D eigenvalue weighted by atomic mass is 10.1. The Labute approximate surface area is 112 Å². The Morgan fingerprint density at radius 2 is 1.95 bits per heavy atom. The number of H-pyrrole nitrogens is 1. The third-order valence-corrected chi connectivity index (χ3v) is 3.36. The van der Waals surface area contributed by atoms with Gasteiger partial charge in [0.25, 0.3) is 0 Å². The Hall–Kier alpha value is -2.10. The number of rotatable bonds is 3. The molecule has 0 fully saturated rings. The van der Waals surface area contributed by atoms with E-state index in [0.29, 0.717) is 6.04 Å². The van der Waals surface area contributed by atoms with Gasteiger partial charge in [-0.2, -0.15) is 5.10 Å². The van der Waals surface area contributed by atoms with Gasteiger partial charge < -0.3 is 4.98 Å². The summed E-state index contributed by atoms with van der Waals surface area (Å²) in [7, 11) is 0. The molecule has 4 nitrogen and oxygen atoms in total. The fourth-order valence-corrected chi connectivity index (χ4v) is 2.23. The lowest BCUT2D eigenvalue weighted by Gasteiger charge is -2.04. The molecule has 0 aliphatic heterocycles. The van der Waals surface area contributed by atoms with E-state index in [0.717, 1.165) is 29.0 Å². The number of hydrogen-bond acceptors (Lipinski definition) is 2. The molecule has 0 saturated heterocycles. The summed E-state index contributed by atoms with van der Waals surface area (Å²) in [5.41, 5.74) is 4.37. The van der Waals surface area contributed by atoms with E-state index in [9.17, 15) is 0 Å². The molecule has 19 heavy (non-hydrogen) atoms. The molecule has 3 aromatic rings. The molecule has 0 aliphatic rings. The molecule has 98 valence electrons. The van der Waals surface area contributed by atoms with Crippen molar-refractivity contribution in [3.8, 4) is 11.4 Å². The van der Waals surface area contributed by atoms with Crippen LogP contribution in [0.2, 0.25) is 0 Å². The van der Waals surface area contributed by atoms with Gasteiger partial charge in [0.05, 0.1) is 6.20 Å². The zero-order valence-corrected chi connectivity index (χ0v) is 11.5. The van der Waals surface area contributed by atoms with Crippen LogP contribution in [0.25, 0.3) is 22.6 Å². The third-order valence-electron chi connectivity index (χ3n) is 3.36. The monoisotopic (exact) mass is 254 g/mol. The molecule has 2 heterocycles. The van der Waals surface area contributed by atoms with E-state index in [4.69, 9.17) is 0 Å². The van der Waals surface area contributed by atoms with Crippen LogP contribution in [0.1, 0.15) is 32.4 Å². The van der Waals surface area contributed by atoms with Crippen molar-refractivity contribution >= 4 is 11.2 Å². The van der Waals surface area contributed by atoms with Crippen LogP contribution in [-0.2, 0) is 6.42 Å². The molecule has 0 radical (unpaired) electrons. The lowest BCUT2D eigenvalue weighted by Crippen LogP contribution is -2.02. The molecule has 1 aromatic carbocycles. The fraction of sp³-hybridized carbons (Fsp3) is 0.333. The largest absolute Gasteiger partial charge is 0.335 e. The Morgan fingerprint density at radius 1 is 1.21 bits per heavy atom. The summed E-state index contributed by atoms with van der Waals surface area (Å²) >= 11 is 0. The Balaban J connectivity index is 2.04. The van der Waals surface area contributed by atoms with E-state index in [-0.39, 0.29) is 0 Å². The normalized spacial score (nSPS) is 11.6. The standard InChI is InChI=1S/C15H18N4/c1-4-11-5-7-12(8-6-11)14-17-13-9-16-19(10(2)3)15(13)18-14/h5-10H,4H2,1-3H3,(H,17,18). The van der Waals surface area contributed by atoms with Crippen molar-refractivity contribution in [3.63, 3.8) is 0 Å². The molecule has 0 unspecified atom stereocenters. The molecular weight excluding hydrogens is 236 g/mol. The van der Waals surface area contributed by atoms with Crippen LogP contribution in [0, 0.1) is 0 Å². The number of aromatic nitrogens is 4. The number of nitrogens with one attached hydrogen (secondary N) is 1. The lowest BCUT2D eigenvalue weighted by molar-refractivity contribution is 0.547. The molecule has 0 atom stereocenters. The number of hydrogen-bond donors (Lipinski definition) is 1. The molecule has 0 spiro atoms. The van der Waals surface area contributed by atoms with Crippen molar-refractivity contribution in [1.29, 1.82) is 0 Å². The molecular formula is C15H18N4. The second-order valence-electron chi connectivity index (χ2n) is 5.06. The van der Waals surface area contributed by atoms with E-state index >= 15 is 0 Å². The van der Waals surface area contributed by atoms with Crippen molar-refractivity contribution in [3.05, 3.63) is 36.0 Å². The number of aromatic amines is 1. The van der Waals surface area contributed by atoms with Gasteiger partial charge in [-0.1, -0.05) is 31.2 Å². The Kier molecular flexibility index (Phi) is 2.85. The molecule has 2 aromatic heterocycles. The maximum Gasteiger partial charge on any atom is 0.176 e. The van der Waals surface area contributed by atoms with Crippen molar-refractivity contribution in [2.75, 3.05) is 0 Å². The smallest absolute Gasteiger partial charge is 0.176 e. The summed E-state index contributed by atoms with van der Waals surface area (Å²) in [6.07, 6.45) is 2.90. The minimum Gasteiger partial charge on any atom is -0.335 e. The topological polar surface area (TPSA) is 46.5 Å². The van der Waals surface area contributed by atoms with Gasteiger partial charge in [-0.05, 0) is 25.8 Å². The summed E-state index contributed by atoms with van der Waals surface area (Å²) < 4.78 is 1.94. The number of imidazole rings is 1. The van der Waals surface area contributed by atoms with Crippen molar-refractivity contribution in [2.45, 2.75) is 33.2 Å². The summed E-state index contributed by atoms with van der Waals surface area (Å²) in [4.78, 5) is 7.99. The quantitative estimate of drug-likeness (QED) is 0.776. The van der Waals surface area contributed by atoms with Gasteiger partial charge in [0.15, 0.2) is 5.65 Å². The highest BCUT2D eigenvalue weighted by Crippen LogP contribution is 2.22. The number of benzene rings is 1. The number of aryl methyl sites for hydroxylation is 1. The summed E-state index contributed by atoms with van der Waals surface area (Å²) in [6, 6.07) is 8.85. The number of nitrogens with zero attached hydrogens (tertiary/aromatic N) is 3. The van der Waals surface area contributed by atoms with E-state index in [1.54, 1.807) is 0 Å². The molecule has 4 heteroatoms. The molecule has 1 N–H and O–H groups in total. The second kappa shape index (κ2) is 4.53. The maximum atomic E-state index is 4.66. The summed E-state index contributed by atoms with van der Waals surface area (Å²) in [6.45, 7) is 6.38. The zero-order valence-electron chi connectivity index (χ0n) is 11.5. The van der Waals surface area contributed by atoms with Crippen LogP contribution in [0.4, 0.5) is 0 Å². The van der Waals surface area contributed by atoms with Crippen LogP contribution >= 0.6 is 0 Å². The molecule has 0 aliphatic carbocycles. The van der Waals surface area contributed by atoms with E-state index < -0.39 is 0 Å². The van der Waals surface area contributed by atoms with Crippen molar-refractivity contribution in [1.82, 2.24) is 19.7 Å². The van der Waals surface area contributed by atoms with Crippen molar-refractivity contribution < 1.29 is 0 Å². The summed E-state index contributed by atoms with van der Waals surface area (Å²) in [5.74, 6) is 0.907. The predicted molar refractivity (Wildman–Crippen MR) is 77.1 cm³/mol. The second-order valence-corrected chi connectivity index (χ2v) is 5.06. The minimum absolute atomic E-state index is 0.316. The van der Waals surface area contributed by atoms with Crippen LogP contribution in [-0.4, -0.2) is 19.7 Å². The highest BCUT2D eigenvalue weighted by Gasteiger charge is 2.11. The minimum atomic E-state index is 0.316.